The topological polar surface area (TPSA) is 68.8 Å². The predicted molar refractivity (Wildman–Crippen MR) is 123 cm³/mol. The Morgan fingerprint density at radius 3 is 2.52 bits per heavy atom. The lowest BCUT2D eigenvalue weighted by molar-refractivity contribution is -0.119. The van der Waals surface area contributed by atoms with Crippen LogP contribution in [0.15, 0.2) is 35.3 Å². The van der Waals surface area contributed by atoms with E-state index in [0.29, 0.717) is 30.5 Å². The van der Waals surface area contributed by atoms with Gasteiger partial charge in [0.25, 0.3) is 0 Å². The van der Waals surface area contributed by atoms with Crippen LogP contribution in [-0.2, 0) is 11.2 Å². The molecule has 1 amide bonds. The van der Waals surface area contributed by atoms with Crippen LogP contribution in [0.4, 0.5) is 0 Å². The molecule has 0 saturated carbocycles. The summed E-state index contributed by atoms with van der Waals surface area (Å²) in [6.07, 6.45) is 0.837. The van der Waals surface area contributed by atoms with Gasteiger partial charge in [-0.3, -0.25) is 14.7 Å². The van der Waals surface area contributed by atoms with Crippen molar-refractivity contribution in [3.8, 4) is 0 Å². The van der Waals surface area contributed by atoms with E-state index in [2.05, 4.69) is 58.7 Å². The molecular formula is C20H34IN5O. The van der Waals surface area contributed by atoms with E-state index in [1.165, 1.54) is 5.56 Å². The van der Waals surface area contributed by atoms with Crippen LogP contribution in [0.3, 0.4) is 0 Å². The largest absolute Gasteiger partial charge is 0.354 e. The van der Waals surface area contributed by atoms with Crippen LogP contribution in [-0.4, -0.2) is 62.1 Å². The normalized spacial score (nSPS) is 20.3. The van der Waals surface area contributed by atoms with Gasteiger partial charge in [0.05, 0.1) is 6.54 Å². The Bertz CT molecular complexity index is 593. The van der Waals surface area contributed by atoms with Crippen molar-refractivity contribution >= 4 is 35.8 Å². The number of benzene rings is 1. The van der Waals surface area contributed by atoms with Gasteiger partial charge in [0, 0.05) is 38.8 Å². The monoisotopic (exact) mass is 487 g/mol. The molecule has 1 aliphatic rings. The molecule has 1 aromatic rings. The highest BCUT2D eigenvalue weighted by Crippen LogP contribution is 2.18. The quantitative estimate of drug-likeness (QED) is 0.312. The van der Waals surface area contributed by atoms with Gasteiger partial charge < -0.3 is 16.0 Å². The van der Waals surface area contributed by atoms with Crippen molar-refractivity contribution in [1.82, 2.24) is 20.9 Å². The average Bonchev–Trinajstić information content (AvgIpc) is 3.00. The number of carbonyl (C=O) groups excluding carboxylic acids is 1. The smallest absolute Gasteiger partial charge is 0.239 e. The van der Waals surface area contributed by atoms with Gasteiger partial charge in [-0.05, 0) is 31.7 Å². The predicted octanol–water partition coefficient (Wildman–Crippen LogP) is 1.86. The fourth-order valence-electron chi connectivity index (χ4n) is 3.20. The van der Waals surface area contributed by atoms with Gasteiger partial charge in [0.1, 0.15) is 0 Å². The highest BCUT2D eigenvalue weighted by Gasteiger charge is 2.31. The third-order valence-corrected chi connectivity index (χ3v) is 4.91. The Balaban J connectivity index is 0.00000364. The molecule has 2 rings (SSSR count). The lowest BCUT2D eigenvalue weighted by atomic mass is 10.1. The fraction of sp³-hybridized carbons (Fsp3) is 0.600. The summed E-state index contributed by atoms with van der Waals surface area (Å²) in [7, 11) is 1.74. The summed E-state index contributed by atoms with van der Waals surface area (Å²) >= 11 is 0. The molecule has 152 valence electrons. The van der Waals surface area contributed by atoms with Gasteiger partial charge in [0.2, 0.25) is 5.91 Å². The first-order valence-corrected chi connectivity index (χ1v) is 9.51. The number of aliphatic imine (C=N–C) groups is 1. The molecule has 27 heavy (non-hydrogen) atoms. The summed E-state index contributed by atoms with van der Waals surface area (Å²) in [6.45, 7) is 9.66. The summed E-state index contributed by atoms with van der Waals surface area (Å²) in [4.78, 5) is 18.7. The number of hydrogen-bond acceptors (Lipinski definition) is 3. The molecule has 0 bridgehead atoms. The minimum atomic E-state index is -0.0211. The van der Waals surface area contributed by atoms with Gasteiger partial charge in [0.15, 0.2) is 5.96 Å². The van der Waals surface area contributed by atoms with E-state index in [9.17, 15) is 4.79 Å². The molecule has 0 aromatic heterocycles. The minimum absolute atomic E-state index is 0. The van der Waals surface area contributed by atoms with Gasteiger partial charge in [-0.1, -0.05) is 37.3 Å². The van der Waals surface area contributed by atoms with E-state index >= 15 is 0 Å². The average molecular weight is 487 g/mol. The Kier molecular flexibility index (Phi) is 10.7. The van der Waals surface area contributed by atoms with Crippen LogP contribution in [0.5, 0.6) is 0 Å². The standard InChI is InChI=1S/C20H33N5O.HI/c1-15(2)25-13-16(3)18(14-25)24-20(21-4)23-12-19(26)22-11-10-17-8-6-5-7-9-17;/h5-9,15-16,18H,10-14H2,1-4H3,(H,22,26)(H2,21,23,24);1H. The molecule has 1 heterocycles. The summed E-state index contributed by atoms with van der Waals surface area (Å²) in [5, 5.41) is 9.52. The van der Waals surface area contributed by atoms with E-state index in [1.807, 2.05) is 18.2 Å². The van der Waals surface area contributed by atoms with Crippen molar-refractivity contribution in [2.24, 2.45) is 10.9 Å². The maximum absolute atomic E-state index is 12.0. The SMILES string of the molecule is CN=C(NCC(=O)NCCc1ccccc1)NC1CN(C(C)C)CC1C.I. The minimum Gasteiger partial charge on any atom is -0.354 e. The molecule has 0 aliphatic carbocycles. The molecule has 2 unspecified atom stereocenters. The number of carbonyl (C=O) groups is 1. The lowest BCUT2D eigenvalue weighted by Gasteiger charge is -2.21. The van der Waals surface area contributed by atoms with Gasteiger partial charge >= 0.3 is 0 Å². The molecule has 0 spiro atoms. The second-order valence-electron chi connectivity index (χ2n) is 7.29. The van der Waals surface area contributed by atoms with Crippen molar-refractivity contribution in [3.05, 3.63) is 35.9 Å². The van der Waals surface area contributed by atoms with E-state index in [4.69, 9.17) is 0 Å². The number of likely N-dealkylation sites (tertiary alicyclic amines) is 1. The van der Waals surface area contributed by atoms with Crippen molar-refractivity contribution in [1.29, 1.82) is 0 Å². The zero-order chi connectivity index (χ0) is 18.9. The number of rotatable bonds is 7. The molecule has 1 aromatic carbocycles. The Morgan fingerprint density at radius 1 is 1.22 bits per heavy atom. The number of guanidine groups is 1. The van der Waals surface area contributed by atoms with E-state index in [-0.39, 0.29) is 36.4 Å². The van der Waals surface area contributed by atoms with Gasteiger partial charge in [-0.2, -0.15) is 0 Å². The third-order valence-electron chi connectivity index (χ3n) is 4.91. The van der Waals surface area contributed by atoms with Gasteiger partial charge in [-0.25, -0.2) is 0 Å². The number of nitrogens with zero attached hydrogens (tertiary/aromatic N) is 2. The van der Waals surface area contributed by atoms with E-state index in [1.54, 1.807) is 7.05 Å². The first-order valence-electron chi connectivity index (χ1n) is 9.51. The lowest BCUT2D eigenvalue weighted by Crippen LogP contribution is -2.49. The molecule has 7 heteroatoms. The second kappa shape index (κ2) is 12.2. The van der Waals surface area contributed by atoms with Crippen LogP contribution in [0.25, 0.3) is 0 Å². The van der Waals surface area contributed by atoms with Crippen molar-refractivity contribution in [2.45, 2.75) is 39.3 Å². The first kappa shape index (κ1) is 23.7. The molecule has 6 nitrogen and oxygen atoms in total. The number of nitrogens with one attached hydrogen (secondary N) is 3. The van der Waals surface area contributed by atoms with Crippen LogP contribution in [0.2, 0.25) is 0 Å². The number of amides is 1. The Morgan fingerprint density at radius 2 is 1.93 bits per heavy atom. The summed E-state index contributed by atoms with van der Waals surface area (Å²) < 4.78 is 0. The zero-order valence-electron chi connectivity index (χ0n) is 16.9. The molecule has 1 saturated heterocycles. The van der Waals surface area contributed by atoms with Crippen molar-refractivity contribution in [2.75, 3.05) is 33.2 Å². The van der Waals surface area contributed by atoms with Crippen LogP contribution in [0.1, 0.15) is 26.3 Å². The summed E-state index contributed by atoms with van der Waals surface area (Å²) in [6, 6.07) is 11.1. The summed E-state index contributed by atoms with van der Waals surface area (Å²) in [5.74, 6) is 1.22. The van der Waals surface area contributed by atoms with Crippen molar-refractivity contribution in [3.63, 3.8) is 0 Å². The maximum atomic E-state index is 12.0. The van der Waals surface area contributed by atoms with Crippen LogP contribution in [0, 0.1) is 5.92 Å². The Hall–Kier alpha value is -1.35. The fourth-order valence-corrected chi connectivity index (χ4v) is 3.20. The maximum Gasteiger partial charge on any atom is 0.239 e. The molecule has 0 radical (unpaired) electrons. The first-order chi connectivity index (χ1) is 12.5. The Labute approximate surface area is 180 Å². The highest BCUT2D eigenvalue weighted by atomic mass is 127. The molecule has 2 atom stereocenters. The van der Waals surface area contributed by atoms with E-state index < -0.39 is 0 Å². The van der Waals surface area contributed by atoms with Gasteiger partial charge in [-0.15, -0.1) is 24.0 Å². The van der Waals surface area contributed by atoms with Crippen LogP contribution >= 0.6 is 24.0 Å². The molecule has 1 aliphatic heterocycles. The number of halogens is 1. The second-order valence-corrected chi connectivity index (χ2v) is 7.29. The highest BCUT2D eigenvalue weighted by molar-refractivity contribution is 14.0. The third kappa shape index (κ3) is 8.04. The van der Waals surface area contributed by atoms with Crippen molar-refractivity contribution < 1.29 is 4.79 Å². The number of hydrogen-bond donors (Lipinski definition) is 3. The summed E-state index contributed by atoms with van der Waals surface area (Å²) in [5.41, 5.74) is 1.23. The van der Waals surface area contributed by atoms with E-state index in [0.717, 1.165) is 19.5 Å². The molecule has 3 N–H and O–H groups in total. The molecule has 1 fully saturated rings. The van der Waals surface area contributed by atoms with Crippen LogP contribution < -0.4 is 16.0 Å². The molecular weight excluding hydrogens is 453 g/mol. The zero-order valence-corrected chi connectivity index (χ0v) is 19.2.